The molecule has 1 atom stereocenters. The minimum Gasteiger partial charge on any atom is -0.346 e. The zero-order valence-electron chi connectivity index (χ0n) is 16.6. The number of aromatic nitrogens is 3. The highest BCUT2D eigenvalue weighted by Crippen LogP contribution is 2.25. The molecule has 2 heterocycles. The summed E-state index contributed by atoms with van der Waals surface area (Å²) in [6.07, 6.45) is 4.37. The van der Waals surface area contributed by atoms with Crippen molar-refractivity contribution in [1.29, 1.82) is 0 Å². The number of aryl methyl sites for hydroxylation is 3. The van der Waals surface area contributed by atoms with Crippen molar-refractivity contribution in [3.63, 3.8) is 0 Å². The van der Waals surface area contributed by atoms with Gasteiger partial charge in [0, 0.05) is 18.7 Å². The number of hydrogen-bond donors (Lipinski definition) is 2. The lowest BCUT2D eigenvalue weighted by molar-refractivity contribution is -0.123. The molecule has 0 unspecified atom stereocenters. The van der Waals surface area contributed by atoms with Gasteiger partial charge in [-0.1, -0.05) is 36.4 Å². The largest absolute Gasteiger partial charge is 0.346 e. The van der Waals surface area contributed by atoms with Gasteiger partial charge >= 0.3 is 0 Å². The lowest BCUT2D eigenvalue weighted by Crippen LogP contribution is -2.37. The van der Waals surface area contributed by atoms with Crippen LogP contribution in [0.15, 0.2) is 23.4 Å². The zero-order chi connectivity index (χ0) is 20.1. The Kier molecular flexibility index (Phi) is 6.72. The molecule has 0 saturated heterocycles. The molecule has 150 valence electrons. The monoisotopic (exact) mass is 401 g/mol. The molecule has 3 rings (SSSR count). The van der Waals surface area contributed by atoms with Crippen LogP contribution in [0, 0.1) is 13.8 Å². The molecule has 0 spiro atoms. The van der Waals surface area contributed by atoms with E-state index in [9.17, 15) is 9.59 Å². The summed E-state index contributed by atoms with van der Waals surface area (Å²) in [6.45, 7) is 6.55. The second-order valence-electron chi connectivity index (χ2n) is 7.15. The predicted octanol–water partition coefficient (Wildman–Crippen LogP) is 2.86. The summed E-state index contributed by atoms with van der Waals surface area (Å²) in [5, 5.41) is 14.5. The van der Waals surface area contributed by atoms with E-state index in [1.165, 1.54) is 18.2 Å². The smallest absolute Gasteiger partial charge is 0.243 e. The number of hydrogen-bond acceptors (Lipinski definition) is 5. The molecule has 0 aliphatic carbocycles. The van der Waals surface area contributed by atoms with Gasteiger partial charge in [0.2, 0.25) is 11.8 Å². The number of thioether (sulfide) groups is 1. The summed E-state index contributed by atoms with van der Waals surface area (Å²) in [4.78, 5) is 24.7. The maximum Gasteiger partial charge on any atom is 0.243 e. The molecule has 1 aliphatic rings. The van der Waals surface area contributed by atoms with Crippen molar-refractivity contribution in [3.05, 3.63) is 35.2 Å². The number of anilines is 1. The first-order valence-corrected chi connectivity index (χ1v) is 10.6. The minimum absolute atomic E-state index is 0.0601. The fraction of sp³-hybridized carbons (Fsp3) is 0.500. The Bertz CT molecular complexity index is 844. The third-order valence-corrected chi connectivity index (χ3v) is 5.98. The second kappa shape index (κ2) is 9.23. The average Bonchev–Trinajstić information content (AvgIpc) is 2.89. The lowest BCUT2D eigenvalue weighted by Gasteiger charge is -2.14. The number of carbonyl (C=O) groups is 2. The first-order chi connectivity index (χ1) is 13.5. The van der Waals surface area contributed by atoms with Crippen LogP contribution in [0.4, 0.5) is 5.69 Å². The molecule has 0 bridgehead atoms. The Labute approximate surface area is 169 Å². The molecule has 2 amide bonds. The molecule has 7 nitrogen and oxygen atoms in total. The van der Waals surface area contributed by atoms with Crippen molar-refractivity contribution < 1.29 is 9.59 Å². The van der Waals surface area contributed by atoms with Gasteiger partial charge in [-0.05, 0) is 44.7 Å². The Balaban J connectivity index is 1.52. The van der Waals surface area contributed by atoms with Crippen molar-refractivity contribution in [2.24, 2.45) is 0 Å². The molecular formula is C20H27N5O2S. The standard InChI is InChI=1S/C20H27N5O2S/c1-13-8-7-9-14(2)18(13)22-17(26)12-21-19(27)15(3)28-20-24-23-16-10-5-4-6-11-25(16)20/h7-9,15H,4-6,10-12H2,1-3H3,(H,21,27)(H,22,26)/t15-/m1/s1. The van der Waals surface area contributed by atoms with Crippen LogP contribution in [-0.4, -0.2) is 38.4 Å². The molecule has 0 fully saturated rings. The Morgan fingerprint density at radius 2 is 1.93 bits per heavy atom. The highest BCUT2D eigenvalue weighted by molar-refractivity contribution is 8.00. The number of carbonyl (C=O) groups excluding carboxylic acids is 2. The summed E-state index contributed by atoms with van der Waals surface area (Å²) in [5.74, 6) is 0.576. The van der Waals surface area contributed by atoms with Crippen LogP contribution >= 0.6 is 11.8 Å². The fourth-order valence-electron chi connectivity index (χ4n) is 3.26. The molecule has 2 N–H and O–H groups in total. The van der Waals surface area contributed by atoms with Gasteiger partial charge in [0.1, 0.15) is 5.82 Å². The number of benzene rings is 1. The van der Waals surface area contributed by atoms with Gasteiger partial charge in [-0.2, -0.15) is 0 Å². The van der Waals surface area contributed by atoms with Crippen LogP contribution in [-0.2, 0) is 22.6 Å². The molecule has 2 aromatic rings. The van der Waals surface area contributed by atoms with Crippen molar-refractivity contribution >= 4 is 29.3 Å². The van der Waals surface area contributed by atoms with Crippen molar-refractivity contribution in [2.45, 2.75) is 63.4 Å². The van der Waals surface area contributed by atoms with Crippen LogP contribution in [0.3, 0.4) is 0 Å². The Morgan fingerprint density at radius 1 is 1.18 bits per heavy atom. The van der Waals surface area contributed by atoms with Crippen LogP contribution < -0.4 is 10.6 Å². The first-order valence-electron chi connectivity index (χ1n) is 9.68. The molecule has 1 aliphatic heterocycles. The third kappa shape index (κ3) is 4.92. The number of nitrogens with zero attached hydrogens (tertiary/aromatic N) is 3. The van der Waals surface area contributed by atoms with Crippen LogP contribution in [0.2, 0.25) is 0 Å². The van der Waals surface area contributed by atoms with E-state index in [0.29, 0.717) is 0 Å². The van der Waals surface area contributed by atoms with Gasteiger partial charge in [0.25, 0.3) is 0 Å². The maximum atomic E-state index is 12.4. The van der Waals surface area contributed by atoms with Gasteiger partial charge in [-0.3, -0.25) is 9.59 Å². The molecule has 28 heavy (non-hydrogen) atoms. The quantitative estimate of drug-likeness (QED) is 0.727. The van der Waals surface area contributed by atoms with Crippen molar-refractivity contribution in [3.8, 4) is 0 Å². The Morgan fingerprint density at radius 3 is 2.68 bits per heavy atom. The molecular weight excluding hydrogens is 374 g/mol. The van der Waals surface area contributed by atoms with Crippen LogP contribution in [0.25, 0.3) is 0 Å². The number of nitrogens with one attached hydrogen (secondary N) is 2. The van der Waals surface area contributed by atoms with E-state index < -0.39 is 0 Å². The Hall–Kier alpha value is -2.35. The summed E-state index contributed by atoms with van der Waals surface area (Å²) in [5.41, 5.74) is 2.79. The molecule has 0 radical (unpaired) electrons. The van der Waals surface area contributed by atoms with Gasteiger partial charge in [-0.25, -0.2) is 0 Å². The van der Waals surface area contributed by atoms with Gasteiger partial charge in [-0.15, -0.1) is 10.2 Å². The van der Waals surface area contributed by atoms with E-state index in [0.717, 1.165) is 53.6 Å². The molecule has 8 heteroatoms. The van der Waals surface area contributed by atoms with E-state index in [1.54, 1.807) is 0 Å². The topological polar surface area (TPSA) is 88.9 Å². The number of rotatable bonds is 6. The maximum absolute atomic E-state index is 12.4. The first kappa shape index (κ1) is 20.4. The van der Waals surface area contributed by atoms with E-state index >= 15 is 0 Å². The van der Waals surface area contributed by atoms with E-state index in [1.807, 2.05) is 39.0 Å². The van der Waals surface area contributed by atoms with Crippen molar-refractivity contribution in [2.75, 3.05) is 11.9 Å². The molecule has 1 aromatic carbocycles. The van der Waals surface area contributed by atoms with Crippen LogP contribution in [0.1, 0.15) is 43.1 Å². The minimum atomic E-state index is -0.357. The van der Waals surface area contributed by atoms with E-state index in [-0.39, 0.29) is 23.6 Å². The predicted molar refractivity (Wildman–Crippen MR) is 110 cm³/mol. The zero-order valence-corrected chi connectivity index (χ0v) is 17.4. The average molecular weight is 402 g/mol. The van der Waals surface area contributed by atoms with Gasteiger partial charge in [0.05, 0.1) is 11.8 Å². The normalized spacial score (nSPS) is 14.7. The van der Waals surface area contributed by atoms with Gasteiger partial charge in [0.15, 0.2) is 5.16 Å². The third-order valence-electron chi connectivity index (χ3n) is 4.90. The summed E-state index contributed by atoms with van der Waals surface area (Å²) < 4.78 is 2.12. The summed E-state index contributed by atoms with van der Waals surface area (Å²) >= 11 is 1.39. The number of fused-ring (bicyclic) bond motifs is 1. The highest BCUT2D eigenvalue weighted by atomic mass is 32.2. The fourth-order valence-corrected chi connectivity index (χ4v) is 4.18. The second-order valence-corrected chi connectivity index (χ2v) is 8.46. The SMILES string of the molecule is Cc1cccc(C)c1NC(=O)CNC(=O)[C@@H](C)Sc1nnc2n1CCCCC2. The number of para-hydroxylation sites is 1. The van der Waals surface area contributed by atoms with Gasteiger partial charge < -0.3 is 15.2 Å². The molecule has 0 saturated carbocycles. The number of amides is 2. The van der Waals surface area contributed by atoms with Crippen molar-refractivity contribution in [1.82, 2.24) is 20.1 Å². The lowest BCUT2D eigenvalue weighted by atomic mass is 10.1. The summed E-state index contributed by atoms with van der Waals surface area (Å²) in [7, 11) is 0. The molecule has 1 aromatic heterocycles. The van der Waals surface area contributed by atoms with E-state index in [2.05, 4.69) is 25.4 Å². The van der Waals surface area contributed by atoms with E-state index in [4.69, 9.17) is 0 Å². The summed E-state index contributed by atoms with van der Waals surface area (Å²) in [6, 6.07) is 5.84. The highest BCUT2D eigenvalue weighted by Gasteiger charge is 2.21. The van der Waals surface area contributed by atoms with Crippen LogP contribution in [0.5, 0.6) is 0 Å².